The smallest absolute Gasteiger partial charge is 0.324 e. The molecule has 0 aliphatic heterocycles. The summed E-state index contributed by atoms with van der Waals surface area (Å²) in [5.74, 6) is -3.42. The average Bonchev–Trinajstić information content (AvgIpc) is 3.44. The van der Waals surface area contributed by atoms with Gasteiger partial charge in [0.05, 0.1) is 46.8 Å². The zero-order valence-corrected chi connectivity index (χ0v) is 17.3. The minimum atomic E-state index is -4.58. The first-order chi connectivity index (χ1) is 15.2. The van der Waals surface area contributed by atoms with E-state index in [0.29, 0.717) is 0 Å². The van der Waals surface area contributed by atoms with Crippen molar-refractivity contribution in [3.8, 4) is 5.82 Å². The minimum absolute atomic E-state index is 0.00667. The normalized spacial score (nSPS) is 18.2. The van der Waals surface area contributed by atoms with Gasteiger partial charge in [0.2, 0.25) is 5.91 Å². The van der Waals surface area contributed by atoms with Gasteiger partial charge in [-0.2, -0.15) is 28.5 Å². The van der Waals surface area contributed by atoms with Gasteiger partial charge in [-0.15, -0.1) is 4.80 Å². The number of nitrogens with one attached hydrogen (secondary N) is 1. The van der Waals surface area contributed by atoms with Crippen LogP contribution in [0.2, 0.25) is 10.2 Å². The van der Waals surface area contributed by atoms with Crippen LogP contribution in [0.5, 0.6) is 0 Å². The molecule has 32 heavy (non-hydrogen) atoms. The summed E-state index contributed by atoms with van der Waals surface area (Å²) < 4.78 is 42.5. The van der Waals surface area contributed by atoms with Gasteiger partial charge in [0.25, 0.3) is 0 Å². The molecule has 0 saturated heterocycles. The SMILES string of the molecule is O=C(Nc1cnc(-n2nccn2)c(Cl)c1)C1CC(C(F)(F)F)c2c1cnc1cc(Cl)nn21. The van der Waals surface area contributed by atoms with E-state index in [9.17, 15) is 18.0 Å². The molecular formula is C18H11Cl2F3N8O. The van der Waals surface area contributed by atoms with E-state index in [1.807, 2.05) is 0 Å². The van der Waals surface area contributed by atoms with Gasteiger partial charge in [-0.1, -0.05) is 23.2 Å². The standard InChI is InChI=1S/C18H11Cl2F3N8O/c19-12-3-8(6-25-16(12)31-26-1-2-27-31)28-17(32)9-4-11(18(21,22)23)15-10(9)7-24-14-5-13(20)29-30(14)15/h1-3,5-7,9,11H,4H2,(H,28,32). The first kappa shape index (κ1) is 20.6. The average molecular weight is 483 g/mol. The molecule has 4 aromatic rings. The van der Waals surface area contributed by atoms with Crippen LogP contribution in [0, 0.1) is 0 Å². The van der Waals surface area contributed by atoms with Crippen LogP contribution in [0.25, 0.3) is 11.5 Å². The second-order valence-electron chi connectivity index (χ2n) is 7.06. The van der Waals surface area contributed by atoms with E-state index < -0.39 is 30.3 Å². The van der Waals surface area contributed by atoms with E-state index >= 15 is 0 Å². The molecule has 4 aromatic heterocycles. The van der Waals surface area contributed by atoms with E-state index in [1.165, 1.54) is 41.7 Å². The molecule has 0 fully saturated rings. The van der Waals surface area contributed by atoms with Crippen molar-refractivity contribution >= 4 is 40.4 Å². The first-order valence-electron chi connectivity index (χ1n) is 9.16. The van der Waals surface area contributed by atoms with Crippen LogP contribution in [0.3, 0.4) is 0 Å². The largest absolute Gasteiger partial charge is 0.397 e. The Morgan fingerprint density at radius 3 is 2.56 bits per heavy atom. The van der Waals surface area contributed by atoms with Crippen LogP contribution >= 0.6 is 23.2 Å². The zero-order valence-electron chi connectivity index (χ0n) is 15.8. The molecule has 9 nitrogen and oxygen atoms in total. The molecule has 5 rings (SSSR count). The second kappa shape index (κ2) is 7.41. The van der Waals surface area contributed by atoms with Crippen molar-refractivity contribution in [3.63, 3.8) is 0 Å². The molecule has 14 heteroatoms. The summed E-state index contributed by atoms with van der Waals surface area (Å²) in [4.78, 5) is 22.4. The van der Waals surface area contributed by atoms with E-state index in [1.54, 1.807) is 0 Å². The van der Waals surface area contributed by atoms with Gasteiger partial charge >= 0.3 is 6.18 Å². The Hall–Kier alpha value is -3.25. The minimum Gasteiger partial charge on any atom is -0.324 e. The van der Waals surface area contributed by atoms with Crippen molar-refractivity contribution in [1.29, 1.82) is 0 Å². The molecule has 1 N–H and O–H groups in total. The van der Waals surface area contributed by atoms with Crippen LogP contribution in [0.15, 0.2) is 36.9 Å². The molecule has 1 amide bonds. The molecule has 2 atom stereocenters. The van der Waals surface area contributed by atoms with E-state index in [0.717, 1.165) is 4.52 Å². The fourth-order valence-corrected chi connectivity index (χ4v) is 4.18. The molecular weight excluding hydrogens is 472 g/mol. The summed E-state index contributed by atoms with van der Waals surface area (Å²) in [6.45, 7) is 0. The number of alkyl halides is 3. The summed E-state index contributed by atoms with van der Waals surface area (Å²) in [5, 5.41) is 14.5. The molecule has 0 bridgehead atoms. The van der Waals surface area contributed by atoms with Gasteiger partial charge in [-0.05, 0) is 12.5 Å². The monoisotopic (exact) mass is 482 g/mol. The van der Waals surface area contributed by atoms with Gasteiger partial charge in [0.1, 0.15) is 0 Å². The topological polar surface area (TPSA) is 103 Å². The van der Waals surface area contributed by atoms with E-state index in [-0.39, 0.29) is 38.6 Å². The van der Waals surface area contributed by atoms with Crippen molar-refractivity contribution in [2.45, 2.75) is 24.4 Å². The Labute approximate surface area is 187 Å². The lowest BCUT2D eigenvalue weighted by atomic mass is 10.0. The number of pyridine rings is 1. The molecule has 0 aromatic carbocycles. The number of nitrogens with zero attached hydrogens (tertiary/aromatic N) is 7. The third kappa shape index (κ3) is 3.45. The summed E-state index contributed by atoms with van der Waals surface area (Å²) in [5.41, 5.74) is 0.367. The lowest BCUT2D eigenvalue weighted by molar-refractivity contribution is -0.152. The highest BCUT2D eigenvalue weighted by atomic mass is 35.5. The number of hydrogen-bond donors (Lipinski definition) is 1. The van der Waals surface area contributed by atoms with Crippen molar-refractivity contribution in [2.75, 3.05) is 5.32 Å². The molecule has 1 aliphatic carbocycles. The summed E-state index contributed by atoms with van der Waals surface area (Å²) in [6.07, 6.45) is 0.393. The van der Waals surface area contributed by atoms with Crippen molar-refractivity contribution in [1.82, 2.24) is 34.6 Å². The quantitative estimate of drug-likeness (QED) is 0.476. The maximum absolute atomic E-state index is 13.8. The Balaban J connectivity index is 1.47. The maximum atomic E-state index is 13.8. The predicted molar refractivity (Wildman–Crippen MR) is 107 cm³/mol. The molecule has 0 radical (unpaired) electrons. The number of halogens is 5. The summed E-state index contributed by atoms with van der Waals surface area (Å²) in [7, 11) is 0. The molecule has 164 valence electrons. The van der Waals surface area contributed by atoms with Crippen LogP contribution < -0.4 is 5.32 Å². The van der Waals surface area contributed by atoms with Gasteiger partial charge in [0, 0.05) is 17.8 Å². The number of carbonyl (C=O) groups excluding carboxylic acids is 1. The lowest BCUT2D eigenvalue weighted by Gasteiger charge is -2.16. The number of hydrogen-bond acceptors (Lipinski definition) is 6. The van der Waals surface area contributed by atoms with Crippen molar-refractivity contribution in [2.24, 2.45) is 0 Å². The predicted octanol–water partition coefficient (Wildman–Crippen LogP) is 3.78. The van der Waals surface area contributed by atoms with Gasteiger partial charge < -0.3 is 5.32 Å². The first-order valence-corrected chi connectivity index (χ1v) is 9.92. The fraction of sp³-hybridized carbons (Fsp3) is 0.222. The van der Waals surface area contributed by atoms with Gasteiger partial charge in [-0.25, -0.2) is 14.5 Å². The summed E-state index contributed by atoms with van der Waals surface area (Å²) in [6, 6.07) is 2.77. The fourth-order valence-electron chi connectivity index (χ4n) is 3.77. The Morgan fingerprint density at radius 1 is 1.12 bits per heavy atom. The number of fused-ring (bicyclic) bond motifs is 3. The Kier molecular flexibility index (Phi) is 4.78. The number of anilines is 1. The van der Waals surface area contributed by atoms with Gasteiger partial charge in [0.15, 0.2) is 16.6 Å². The highest BCUT2D eigenvalue weighted by Crippen LogP contribution is 2.49. The van der Waals surface area contributed by atoms with E-state index in [2.05, 4.69) is 30.6 Å². The second-order valence-corrected chi connectivity index (χ2v) is 7.85. The Morgan fingerprint density at radius 2 is 1.88 bits per heavy atom. The zero-order chi connectivity index (χ0) is 22.6. The number of amides is 1. The highest BCUT2D eigenvalue weighted by molar-refractivity contribution is 6.32. The molecule has 2 unspecified atom stereocenters. The molecule has 4 heterocycles. The number of aromatic nitrogens is 7. The third-order valence-electron chi connectivity index (χ3n) is 5.11. The number of carbonyl (C=O) groups is 1. The lowest BCUT2D eigenvalue weighted by Crippen LogP contribution is -2.23. The molecule has 1 aliphatic rings. The summed E-state index contributed by atoms with van der Waals surface area (Å²) >= 11 is 12.1. The highest BCUT2D eigenvalue weighted by Gasteiger charge is 2.51. The van der Waals surface area contributed by atoms with Crippen LogP contribution in [0.1, 0.15) is 29.5 Å². The molecule has 0 saturated carbocycles. The van der Waals surface area contributed by atoms with Crippen molar-refractivity contribution in [3.05, 3.63) is 58.4 Å². The molecule has 0 spiro atoms. The van der Waals surface area contributed by atoms with Gasteiger partial charge in [-0.3, -0.25) is 4.79 Å². The number of rotatable bonds is 3. The third-order valence-corrected chi connectivity index (χ3v) is 5.57. The van der Waals surface area contributed by atoms with Crippen molar-refractivity contribution < 1.29 is 18.0 Å². The van der Waals surface area contributed by atoms with E-state index in [4.69, 9.17) is 23.2 Å². The van der Waals surface area contributed by atoms with Crippen LogP contribution in [-0.4, -0.2) is 46.7 Å². The maximum Gasteiger partial charge on any atom is 0.397 e. The van der Waals surface area contributed by atoms with Crippen LogP contribution in [-0.2, 0) is 4.79 Å². The Bertz CT molecular complexity index is 1340. The van der Waals surface area contributed by atoms with Crippen LogP contribution in [0.4, 0.5) is 18.9 Å².